The monoisotopic (exact) mass is 534 g/mol. The van der Waals surface area contributed by atoms with Gasteiger partial charge in [0.1, 0.15) is 12.3 Å². The molecule has 0 radical (unpaired) electrons. The molecule has 0 bridgehead atoms. The van der Waals surface area contributed by atoms with Crippen LogP contribution in [0.4, 0.5) is 5.95 Å². The lowest BCUT2D eigenvalue weighted by molar-refractivity contribution is -0.148. The van der Waals surface area contributed by atoms with Crippen LogP contribution < -0.4 is 15.4 Å². The molecule has 0 aliphatic carbocycles. The fourth-order valence-electron chi connectivity index (χ4n) is 4.15. The SMILES string of the molecule is Cc1cc(C)c(S(=O)(=O)NC(CCCCC(=O)Nc2ncc[nH]2)(NC(=O)C2=NOCC2)C(=O)O)c(C)c1. The number of carboxylic acid groups (broad SMARTS) is 1. The van der Waals surface area contributed by atoms with Crippen LogP contribution in [0, 0.1) is 20.8 Å². The Kier molecular flexibility index (Phi) is 8.65. The van der Waals surface area contributed by atoms with Crippen LogP contribution in [0.25, 0.3) is 0 Å². The molecule has 14 heteroatoms. The second kappa shape index (κ2) is 11.5. The lowest BCUT2D eigenvalue weighted by atomic mass is 10.0. The molecule has 3 rings (SSSR count). The molecule has 1 atom stereocenters. The predicted molar refractivity (Wildman–Crippen MR) is 133 cm³/mol. The van der Waals surface area contributed by atoms with Crippen molar-refractivity contribution in [1.82, 2.24) is 20.0 Å². The quantitative estimate of drug-likeness (QED) is 0.200. The van der Waals surface area contributed by atoms with Gasteiger partial charge in [0.2, 0.25) is 27.5 Å². The number of hydrogen-bond donors (Lipinski definition) is 5. The van der Waals surface area contributed by atoms with E-state index in [0.29, 0.717) is 11.1 Å². The van der Waals surface area contributed by atoms with Crippen molar-refractivity contribution in [2.24, 2.45) is 5.16 Å². The van der Waals surface area contributed by atoms with Gasteiger partial charge in [-0.25, -0.2) is 18.2 Å². The average Bonchev–Trinajstić information content (AvgIpc) is 3.49. The fourth-order valence-corrected chi connectivity index (χ4v) is 5.92. The highest BCUT2D eigenvalue weighted by Gasteiger charge is 2.45. The van der Waals surface area contributed by atoms with Crippen LogP contribution in [-0.4, -0.2) is 59.3 Å². The summed E-state index contributed by atoms with van der Waals surface area (Å²) in [5.41, 5.74) is -0.746. The number of anilines is 1. The second-order valence-corrected chi connectivity index (χ2v) is 10.4. The van der Waals surface area contributed by atoms with E-state index in [1.807, 2.05) is 6.92 Å². The van der Waals surface area contributed by atoms with Crippen molar-refractivity contribution in [3.63, 3.8) is 0 Å². The summed E-state index contributed by atoms with van der Waals surface area (Å²) in [6, 6.07) is 3.34. The summed E-state index contributed by atoms with van der Waals surface area (Å²) in [7, 11) is -4.41. The van der Waals surface area contributed by atoms with Gasteiger partial charge in [-0.15, -0.1) is 0 Å². The van der Waals surface area contributed by atoms with Crippen LogP contribution in [0.1, 0.15) is 48.8 Å². The molecule has 1 aliphatic heterocycles. The number of carbonyl (C=O) groups is 3. The first kappa shape index (κ1) is 27.8. The summed E-state index contributed by atoms with van der Waals surface area (Å²) in [5, 5.41) is 18.7. The van der Waals surface area contributed by atoms with Crippen LogP contribution in [0.15, 0.2) is 34.6 Å². The lowest BCUT2D eigenvalue weighted by Crippen LogP contribution is -2.66. The number of carboxylic acids is 1. The summed E-state index contributed by atoms with van der Waals surface area (Å²) in [4.78, 5) is 48.8. The average molecular weight is 535 g/mol. The van der Waals surface area contributed by atoms with Crippen molar-refractivity contribution in [3.05, 3.63) is 41.2 Å². The number of nitrogens with one attached hydrogen (secondary N) is 4. The van der Waals surface area contributed by atoms with Crippen molar-refractivity contribution in [2.45, 2.75) is 63.4 Å². The minimum Gasteiger partial charge on any atom is -0.478 e. The molecule has 5 N–H and O–H groups in total. The molecule has 2 heterocycles. The highest BCUT2D eigenvalue weighted by molar-refractivity contribution is 7.89. The van der Waals surface area contributed by atoms with Crippen LogP contribution in [0.2, 0.25) is 0 Å². The first-order chi connectivity index (χ1) is 17.4. The number of carbonyl (C=O) groups excluding carboxylic acids is 2. The molecule has 37 heavy (non-hydrogen) atoms. The maximum atomic E-state index is 13.5. The Morgan fingerprint density at radius 3 is 2.43 bits per heavy atom. The summed E-state index contributed by atoms with van der Waals surface area (Å²) >= 11 is 0. The number of amides is 2. The van der Waals surface area contributed by atoms with E-state index in [1.165, 1.54) is 6.20 Å². The number of aryl methyl sites for hydroxylation is 3. The van der Waals surface area contributed by atoms with Gasteiger partial charge in [0, 0.05) is 25.2 Å². The van der Waals surface area contributed by atoms with Crippen molar-refractivity contribution >= 4 is 39.5 Å². The van der Waals surface area contributed by atoms with Crippen molar-refractivity contribution in [2.75, 3.05) is 11.9 Å². The van der Waals surface area contributed by atoms with Gasteiger partial charge in [0.25, 0.3) is 5.91 Å². The Bertz CT molecular complexity index is 1280. The Morgan fingerprint density at radius 2 is 1.86 bits per heavy atom. The molecular formula is C23H30N6O7S. The largest absolute Gasteiger partial charge is 0.478 e. The zero-order valence-electron chi connectivity index (χ0n) is 20.8. The normalized spacial score (nSPS) is 14.8. The number of H-pyrrole nitrogens is 1. The number of oxime groups is 1. The van der Waals surface area contributed by atoms with Gasteiger partial charge >= 0.3 is 5.97 Å². The first-order valence-corrected chi connectivity index (χ1v) is 13.1. The Balaban J connectivity index is 1.83. The predicted octanol–water partition coefficient (Wildman–Crippen LogP) is 1.49. The van der Waals surface area contributed by atoms with E-state index in [-0.39, 0.29) is 61.2 Å². The van der Waals surface area contributed by atoms with Crippen LogP contribution in [0.3, 0.4) is 0 Å². The Labute approximate surface area is 214 Å². The molecule has 1 aromatic heterocycles. The van der Waals surface area contributed by atoms with E-state index in [0.717, 1.165) is 5.56 Å². The number of rotatable bonds is 12. The highest BCUT2D eigenvalue weighted by Crippen LogP contribution is 2.25. The third-order valence-corrected chi connectivity index (χ3v) is 7.50. The van der Waals surface area contributed by atoms with E-state index in [9.17, 15) is 27.9 Å². The number of hydrogen-bond acceptors (Lipinski definition) is 8. The Hall–Kier alpha value is -3.78. The Morgan fingerprint density at radius 1 is 1.16 bits per heavy atom. The van der Waals surface area contributed by atoms with Gasteiger partial charge in [-0.2, -0.15) is 4.72 Å². The number of nitrogens with zero attached hydrogens (tertiary/aromatic N) is 2. The third kappa shape index (κ3) is 6.92. The number of sulfonamides is 1. The molecule has 0 saturated carbocycles. The number of unbranched alkanes of at least 4 members (excludes halogenated alkanes) is 1. The highest BCUT2D eigenvalue weighted by atomic mass is 32.2. The van der Waals surface area contributed by atoms with Gasteiger partial charge in [-0.05, 0) is 51.2 Å². The molecule has 0 fully saturated rings. The van der Waals surface area contributed by atoms with E-state index in [1.54, 1.807) is 32.2 Å². The zero-order chi connectivity index (χ0) is 27.2. The number of aromatic nitrogens is 2. The van der Waals surface area contributed by atoms with Gasteiger partial charge in [0.05, 0.1) is 4.90 Å². The third-order valence-electron chi connectivity index (χ3n) is 5.70. The molecule has 0 spiro atoms. The number of benzene rings is 1. The molecular weight excluding hydrogens is 504 g/mol. The molecule has 1 aromatic carbocycles. The van der Waals surface area contributed by atoms with Crippen LogP contribution >= 0.6 is 0 Å². The topological polar surface area (TPSA) is 192 Å². The molecule has 13 nitrogen and oxygen atoms in total. The van der Waals surface area contributed by atoms with Crippen LogP contribution in [0.5, 0.6) is 0 Å². The van der Waals surface area contributed by atoms with E-state index in [4.69, 9.17) is 4.84 Å². The van der Waals surface area contributed by atoms with Crippen molar-refractivity contribution in [1.29, 1.82) is 0 Å². The van der Waals surface area contributed by atoms with Crippen LogP contribution in [-0.2, 0) is 29.2 Å². The summed E-state index contributed by atoms with van der Waals surface area (Å²) in [6.45, 7) is 5.19. The molecule has 1 unspecified atom stereocenters. The van der Waals surface area contributed by atoms with E-state index in [2.05, 4.69) is 30.5 Å². The summed E-state index contributed by atoms with van der Waals surface area (Å²) in [6.07, 6.45) is 3.16. The summed E-state index contributed by atoms with van der Waals surface area (Å²) < 4.78 is 29.2. The lowest BCUT2D eigenvalue weighted by Gasteiger charge is -2.31. The van der Waals surface area contributed by atoms with Gasteiger partial charge in [-0.3, -0.25) is 14.9 Å². The molecule has 1 aliphatic rings. The van der Waals surface area contributed by atoms with Crippen molar-refractivity contribution < 1.29 is 32.7 Å². The second-order valence-electron chi connectivity index (χ2n) is 8.81. The number of imidazole rings is 1. The standard InChI is InChI=1S/C23H30N6O7S/c1-14-12-15(2)19(16(3)13-14)37(34,35)29-23(21(32)33,27-20(31)17-7-11-36-28-17)8-5-4-6-18(30)26-22-24-9-10-25-22/h9-10,12-13,29H,4-8,11H2,1-3H3,(H,27,31)(H,32,33)(H2,24,25,26,30). The van der Waals surface area contributed by atoms with Gasteiger partial charge < -0.3 is 20.2 Å². The maximum Gasteiger partial charge on any atom is 0.345 e. The molecule has 2 aromatic rings. The van der Waals surface area contributed by atoms with Gasteiger partial charge in [0.15, 0.2) is 0 Å². The molecule has 0 saturated heterocycles. The minimum absolute atomic E-state index is 0.0216. The molecule has 200 valence electrons. The smallest absolute Gasteiger partial charge is 0.345 e. The van der Waals surface area contributed by atoms with Gasteiger partial charge in [-0.1, -0.05) is 22.9 Å². The fraction of sp³-hybridized carbons (Fsp3) is 0.435. The van der Waals surface area contributed by atoms with E-state index < -0.39 is 27.6 Å². The van der Waals surface area contributed by atoms with E-state index >= 15 is 0 Å². The molecule has 2 amide bonds. The van der Waals surface area contributed by atoms with Crippen molar-refractivity contribution in [3.8, 4) is 0 Å². The number of aromatic amines is 1. The maximum absolute atomic E-state index is 13.5. The minimum atomic E-state index is -4.41. The number of aliphatic carboxylic acids is 1. The zero-order valence-corrected chi connectivity index (χ0v) is 21.6. The summed E-state index contributed by atoms with van der Waals surface area (Å²) in [5.74, 6) is -2.56. The first-order valence-electron chi connectivity index (χ1n) is 11.6.